The van der Waals surface area contributed by atoms with Gasteiger partial charge in [-0.15, -0.1) is 0 Å². The van der Waals surface area contributed by atoms with Crippen molar-refractivity contribution in [1.29, 1.82) is 0 Å². The second-order valence-electron chi connectivity index (χ2n) is 5.70. The number of benzene rings is 1. The predicted octanol–water partition coefficient (Wildman–Crippen LogP) is 3.07. The summed E-state index contributed by atoms with van der Waals surface area (Å²) in [7, 11) is 0. The molecule has 0 saturated carbocycles. The maximum Gasteiger partial charge on any atom is 0.253 e. The first-order chi connectivity index (χ1) is 12.1. The maximum atomic E-state index is 13.6. The average molecular weight is 343 g/mol. The van der Waals surface area contributed by atoms with E-state index >= 15 is 0 Å². The van der Waals surface area contributed by atoms with Gasteiger partial charge in [0.25, 0.3) is 11.8 Å². The van der Waals surface area contributed by atoms with Gasteiger partial charge in [0.05, 0.1) is 11.1 Å². The van der Waals surface area contributed by atoms with Crippen LogP contribution >= 0.6 is 0 Å². The molecular weight excluding hydrogens is 321 g/mol. The smallest absolute Gasteiger partial charge is 0.253 e. The van der Waals surface area contributed by atoms with Crippen LogP contribution in [0.5, 0.6) is 0 Å². The SMILES string of the molecule is CCCCCNC(=O)c1cncc(C(=O)NCc2ccccc2F)c1. The summed E-state index contributed by atoms with van der Waals surface area (Å²) in [4.78, 5) is 28.2. The van der Waals surface area contributed by atoms with Gasteiger partial charge in [-0.05, 0) is 18.6 Å². The average Bonchev–Trinajstić information content (AvgIpc) is 2.64. The van der Waals surface area contributed by atoms with E-state index in [1.165, 1.54) is 24.5 Å². The van der Waals surface area contributed by atoms with Gasteiger partial charge in [0.15, 0.2) is 0 Å². The van der Waals surface area contributed by atoms with Gasteiger partial charge in [-0.25, -0.2) is 4.39 Å². The molecule has 1 aromatic carbocycles. The fourth-order valence-electron chi connectivity index (χ4n) is 2.29. The molecule has 25 heavy (non-hydrogen) atoms. The van der Waals surface area contributed by atoms with Crippen LogP contribution in [-0.2, 0) is 6.54 Å². The molecule has 0 unspecified atom stereocenters. The third-order valence-electron chi connectivity index (χ3n) is 3.73. The van der Waals surface area contributed by atoms with E-state index in [1.54, 1.807) is 18.2 Å². The summed E-state index contributed by atoms with van der Waals surface area (Å²) in [5, 5.41) is 5.44. The third-order valence-corrected chi connectivity index (χ3v) is 3.73. The molecule has 0 fully saturated rings. The van der Waals surface area contributed by atoms with Crippen molar-refractivity contribution in [2.24, 2.45) is 0 Å². The Kier molecular flexibility index (Phi) is 7.07. The van der Waals surface area contributed by atoms with Crippen LogP contribution in [0.15, 0.2) is 42.7 Å². The number of nitrogens with zero attached hydrogens (tertiary/aromatic N) is 1. The van der Waals surface area contributed by atoms with E-state index in [4.69, 9.17) is 0 Å². The van der Waals surface area contributed by atoms with Crippen molar-refractivity contribution < 1.29 is 14.0 Å². The lowest BCUT2D eigenvalue weighted by Crippen LogP contribution is -2.26. The van der Waals surface area contributed by atoms with Gasteiger partial charge < -0.3 is 10.6 Å². The molecule has 0 atom stereocenters. The second kappa shape index (κ2) is 9.52. The third kappa shape index (κ3) is 5.67. The monoisotopic (exact) mass is 343 g/mol. The number of carbonyl (C=O) groups excluding carboxylic acids is 2. The number of nitrogens with one attached hydrogen (secondary N) is 2. The summed E-state index contributed by atoms with van der Waals surface area (Å²) < 4.78 is 13.6. The molecule has 0 aliphatic rings. The molecule has 0 bridgehead atoms. The van der Waals surface area contributed by atoms with Crippen molar-refractivity contribution in [3.8, 4) is 0 Å². The van der Waals surface area contributed by atoms with E-state index in [0.29, 0.717) is 17.7 Å². The van der Waals surface area contributed by atoms with E-state index in [2.05, 4.69) is 22.5 Å². The first kappa shape index (κ1) is 18.6. The van der Waals surface area contributed by atoms with Gasteiger partial charge in [0.2, 0.25) is 0 Å². The lowest BCUT2D eigenvalue weighted by molar-refractivity contribution is 0.0950. The van der Waals surface area contributed by atoms with Crippen molar-refractivity contribution in [3.05, 3.63) is 65.2 Å². The minimum Gasteiger partial charge on any atom is -0.352 e. The van der Waals surface area contributed by atoms with E-state index in [0.717, 1.165) is 19.3 Å². The van der Waals surface area contributed by atoms with Crippen molar-refractivity contribution in [3.63, 3.8) is 0 Å². The highest BCUT2D eigenvalue weighted by molar-refractivity contribution is 5.99. The Morgan fingerprint density at radius 3 is 2.40 bits per heavy atom. The van der Waals surface area contributed by atoms with E-state index < -0.39 is 5.91 Å². The van der Waals surface area contributed by atoms with Gasteiger partial charge >= 0.3 is 0 Å². The van der Waals surface area contributed by atoms with Crippen molar-refractivity contribution in [1.82, 2.24) is 15.6 Å². The van der Waals surface area contributed by atoms with Crippen LogP contribution in [0.4, 0.5) is 4.39 Å². The Balaban J connectivity index is 1.94. The minimum atomic E-state index is -0.406. The van der Waals surface area contributed by atoms with Gasteiger partial charge in [-0.2, -0.15) is 0 Å². The van der Waals surface area contributed by atoms with Gasteiger partial charge in [-0.1, -0.05) is 38.0 Å². The molecule has 1 aromatic heterocycles. The zero-order valence-corrected chi connectivity index (χ0v) is 14.2. The zero-order valence-electron chi connectivity index (χ0n) is 14.2. The maximum absolute atomic E-state index is 13.6. The summed E-state index contributed by atoms with van der Waals surface area (Å²) >= 11 is 0. The number of aromatic nitrogens is 1. The molecule has 5 nitrogen and oxygen atoms in total. The largest absolute Gasteiger partial charge is 0.352 e. The first-order valence-corrected chi connectivity index (χ1v) is 8.36. The van der Waals surface area contributed by atoms with E-state index in [-0.39, 0.29) is 23.8 Å². The molecule has 2 amide bonds. The molecule has 0 spiro atoms. The Labute approximate surface area is 146 Å². The summed E-state index contributed by atoms with van der Waals surface area (Å²) in [6.45, 7) is 2.75. The number of amides is 2. The van der Waals surface area contributed by atoms with Crippen LogP contribution < -0.4 is 10.6 Å². The van der Waals surface area contributed by atoms with Gasteiger partial charge in [0, 0.05) is 31.0 Å². The molecule has 0 aliphatic heterocycles. The number of rotatable bonds is 8. The predicted molar refractivity (Wildman–Crippen MR) is 93.7 cm³/mol. The van der Waals surface area contributed by atoms with E-state index in [1.807, 2.05) is 0 Å². The molecule has 132 valence electrons. The molecule has 2 rings (SSSR count). The second-order valence-corrected chi connectivity index (χ2v) is 5.70. The van der Waals surface area contributed by atoms with Crippen LogP contribution in [0.3, 0.4) is 0 Å². The van der Waals surface area contributed by atoms with Crippen LogP contribution in [0.2, 0.25) is 0 Å². The van der Waals surface area contributed by atoms with Crippen molar-refractivity contribution >= 4 is 11.8 Å². The number of pyridine rings is 1. The minimum absolute atomic E-state index is 0.0684. The molecule has 0 aliphatic carbocycles. The highest BCUT2D eigenvalue weighted by atomic mass is 19.1. The molecule has 2 N–H and O–H groups in total. The molecular formula is C19H22FN3O2. The molecule has 0 saturated heterocycles. The fourth-order valence-corrected chi connectivity index (χ4v) is 2.29. The number of unbranched alkanes of at least 4 members (excludes halogenated alkanes) is 2. The standard InChI is InChI=1S/C19H22FN3O2/c1-2-3-6-9-22-18(24)15-10-16(12-21-11-15)19(25)23-13-14-7-4-5-8-17(14)20/h4-5,7-8,10-12H,2-3,6,9,13H2,1H3,(H,22,24)(H,23,25). The van der Waals surface area contributed by atoms with Crippen molar-refractivity contribution in [2.75, 3.05) is 6.54 Å². The Hall–Kier alpha value is -2.76. The summed E-state index contributed by atoms with van der Waals surface area (Å²) in [6, 6.07) is 7.72. The molecule has 6 heteroatoms. The zero-order chi connectivity index (χ0) is 18.1. The number of hydrogen-bond acceptors (Lipinski definition) is 3. The molecule has 0 radical (unpaired) electrons. The summed E-state index contributed by atoms with van der Waals surface area (Å²) in [5.74, 6) is -1.04. The molecule has 2 aromatic rings. The highest BCUT2D eigenvalue weighted by Gasteiger charge is 2.11. The molecule has 1 heterocycles. The highest BCUT2D eigenvalue weighted by Crippen LogP contribution is 2.07. The van der Waals surface area contributed by atoms with Crippen molar-refractivity contribution in [2.45, 2.75) is 32.7 Å². The topological polar surface area (TPSA) is 71.1 Å². The van der Waals surface area contributed by atoms with Crippen LogP contribution in [-0.4, -0.2) is 23.3 Å². The Morgan fingerprint density at radius 2 is 1.72 bits per heavy atom. The lowest BCUT2D eigenvalue weighted by Gasteiger charge is -2.08. The quantitative estimate of drug-likeness (QED) is 0.724. The van der Waals surface area contributed by atoms with Gasteiger partial charge in [0.1, 0.15) is 5.82 Å². The van der Waals surface area contributed by atoms with Crippen LogP contribution in [0, 0.1) is 5.82 Å². The normalized spacial score (nSPS) is 10.3. The Morgan fingerprint density at radius 1 is 1.04 bits per heavy atom. The summed E-state index contributed by atoms with van der Waals surface area (Å²) in [6.07, 6.45) is 5.85. The van der Waals surface area contributed by atoms with E-state index in [9.17, 15) is 14.0 Å². The van der Waals surface area contributed by atoms with Gasteiger partial charge in [-0.3, -0.25) is 14.6 Å². The number of halogens is 1. The number of carbonyl (C=O) groups is 2. The van der Waals surface area contributed by atoms with Crippen LogP contribution in [0.25, 0.3) is 0 Å². The lowest BCUT2D eigenvalue weighted by atomic mass is 10.1. The first-order valence-electron chi connectivity index (χ1n) is 8.36. The Bertz CT molecular complexity index is 734. The fraction of sp³-hybridized carbons (Fsp3) is 0.316. The van der Waals surface area contributed by atoms with Crippen LogP contribution in [0.1, 0.15) is 52.5 Å². The summed E-state index contributed by atoms with van der Waals surface area (Å²) in [5.41, 5.74) is 0.987. The number of hydrogen-bond donors (Lipinski definition) is 2.